The van der Waals surface area contributed by atoms with E-state index in [1.807, 2.05) is 13.8 Å². The van der Waals surface area contributed by atoms with Crippen LogP contribution in [-0.4, -0.2) is 33.7 Å². The van der Waals surface area contributed by atoms with Gasteiger partial charge >= 0.3 is 0 Å². The van der Waals surface area contributed by atoms with Gasteiger partial charge < -0.3 is 10.1 Å². The van der Waals surface area contributed by atoms with E-state index in [1.165, 1.54) is 0 Å². The Labute approximate surface area is 126 Å². The zero-order chi connectivity index (χ0) is 13.9. The van der Waals surface area contributed by atoms with Crippen molar-refractivity contribution in [1.82, 2.24) is 10.0 Å². The molecule has 0 spiro atoms. The van der Waals surface area contributed by atoms with Gasteiger partial charge in [-0.1, -0.05) is 0 Å². The van der Waals surface area contributed by atoms with Crippen molar-refractivity contribution in [3.63, 3.8) is 0 Å². The number of rotatable bonds is 5. The lowest BCUT2D eigenvalue weighted by Crippen LogP contribution is -2.36. The van der Waals surface area contributed by atoms with Gasteiger partial charge in [0.1, 0.15) is 5.75 Å². The molecule has 2 N–H and O–H groups in total. The lowest BCUT2D eigenvalue weighted by atomic mass is 10.3. The van der Waals surface area contributed by atoms with Crippen molar-refractivity contribution >= 4 is 22.4 Å². The van der Waals surface area contributed by atoms with Crippen LogP contribution in [0.3, 0.4) is 0 Å². The second kappa shape index (κ2) is 7.26. The van der Waals surface area contributed by atoms with Gasteiger partial charge in [0.15, 0.2) is 0 Å². The standard InChI is InChI=1S/C13H20N2O3S.ClH/c1-10(2)18-12-3-5-13(6-4-12)19(16,17)15-11-7-8-14-9-11;/h3-6,10-11,14-15H,7-9H2,1-2H3;1H. The molecule has 2 rings (SSSR count). The maximum atomic E-state index is 12.1. The molecule has 1 fully saturated rings. The van der Waals surface area contributed by atoms with Crippen LogP contribution in [0, 0.1) is 0 Å². The van der Waals surface area contributed by atoms with E-state index in [0.29, 0.717) is 12.3 Å². The predicted octanol–water partition coefficient (Wildman–Crippen LogP) is 1.54. The molecule has 7 heteroatoms. The molecule has 1 saturated heterocycles. The summed E-state index contributed by atoms with van der Waals surface area (Å²) >= 11 is 0. The lowest BCUT2D eigenvalue weighted by molar-refractivity contribution is 0.242. The van der Waals surface area contributed by atoms with E-state index in [0.717, 1.165) is 13.0 Å². The van der Waals surface area contributed by atoms with Crippen LogP contribution in [0.4, 0.5) is 0 Å². The summed E-state index contributed by atoms with van der Waals surface area (Å²) in [4.78, 5) is 0.274. The lowest BCUT2D eigenvalue weighted by Gasteiger charge is -2.13. The highest BCUT2D eigenvalue weighted by Gasteiger charge is 2.22. The minimum atomic E-state index is -3.43. The molecule has 114 valence electrons. The summed E-state index contributed by atoms with van der Waals surface area (Å²) in [5, 5.41) is 3.13. The molecule has 1 aliphatic heterocycles. The Morgan fingerprint density at radius 2 is 1.95 bits per heavy atom. The average Bonchev–Trinajstić information content (AvgIpc) is 2.81. The molecule has 1 atom stereocenters. The first kappa shape index (κ1) is 17.2. The van der Waals surface area contributed by atoms with Crippen molar-refractivity contribution in [3.8, 4) is 5.75 Å². The van der Waals surface area contributed by atoms with E-state index in [4.69, 9.17) is 4.74 Å². The third-order valence-corrected chi connectivity index (χ3v) is 4.42. The Balaban J connectivity index is 0.00000200. The molecule has 5 nitrogen and oxygen atoms in total. The summed E-state index contributed by atoms with van der Waals surface area (Å²) in [7, 11) is -3.43. The van der Waals surface area contributed by atoms with Gasteiger partial charge in [0.2, 0.25) is 10.0 Å². The number of sulfonamides is 1. The van der Waals surface area contributed by atoms with Gasteiger partial charge in [0.05, 0.1) is 11.0 Å². The molecule has 1 heterocycles. The van der Waals surface area contributed by atoms with Crippen molar-refractivity contribution in [2.45, 2.75) is 37.3 Å². The zero-order valence-corrected chi connectivity index (χ0v) is 13.3. The fourth-order valence-electron chi connectivity index (χ4n) is 2.01. The van der Waals surface area contributed by atoms with Gasteiger partial charge in [0.25, 0.3) is 0 Å². The molecule has 1 unspecified atom stereocenters. The largest absolute Gasteiger partial charge is 0.491 e. The van der Waals surface area contributed by atoms with Gasteiger partial charge in [0, 0.05) is 12.6 Å². The maximum Gasteiger partial charge on any atom is 0.240 e. The molecule has 0 aliphatic carbocycles. The van der Waals surface area contributed by atoms with Crippen LogP contribution in [0.5, 0.6) is 5.75 Å². The molecular weight excluding hydrogens is 300 g/mol. The van der Waals surface area contributed by atoms with Crippen molar-refractivity contribution < 1.29 is 13.2 Å². The maximum absolute atomic E-state index is 12.1. The van der Waals surface area contributed by atoms with Crippen LogP contribution in [0.1, 0.15) is 20.3 Å². The summed E-state index contributed by atoms with van der Waals surface area (Å²) in [5.74, 6) is 0.677. The van der Waals surface area contributed by atoms with Crippen molar-refractivity contribution in [2.24, 2.45) is 0 Å². The minimum absolute atomic E-state index is 0. The highest BCUT2D eigenvalue weighted by Crippen LogP contribution is 2.17. The van der Waals surface area contributed by atoms with Gasteiger partial charge in [-0.2, -0.15) is 0 Å². The van der Waals surface area contributed by atoms with Gasteiger partial charge in [-0.25, -0.2) is 13.1 Å². The molecule has 0 saturated carbocycles. The van der Waals surface area contributed by atoms with Crippen LogP contribution < -0.4 is 14.8 Å². The Morgan fingerprint density at radius 3 is 2.45 bits per heavy atom. The van der Waals surface area contributed by atoms with Crippen molar-refractivity contribution in [1.29, 1.82) is 0 Å². The van der Waals surface area contributed by atoms with Crippen LogP contribution in [-0.2, 0) is 10.0 Å². The van der Waals surface area contributed by atoms with Gasteiger partial charge in [-0.15, -0.1) is 12.4 Å². The molecule has 0 aromatic heterocycles. The summed E-state index contributed by atoms with van der Waals surface area (Å²) in [6.45, 7) is 5.40. The molecule has 0 bridgehead atoms. The van der Waals surface area contributed by atoms with E-state index in [-0.39, 0.29) is 29.4 Å². The fraction of sp³-hybridized carbons (Fsp3) is 0.538. The van der Waals surface area contributed by atoms with Crippen LogP contribution in [0.15, 0.2) is 29.2 Å². The predicted molar refractivity (Wildman–Crippen MR) is 81.1 cm³/mol. The number of benzene rings is 1. The quantitative estimate of drug-likeness (QED) is 0.863. The molecular formula is C13H21ClN2O3S. The van der Waals surface area contributed by atoms with E-state index in [9.17, 15) is 8.42 Å². The van der Waals surface area contributed by atoms with E-state index in [2.05, 4.69) is 10.0 Å². The smallest absolute Gasteiger partial charge is 0.240 e. The zero-order valence-electron chi connectivity index (χ0n) is 11.6. The Hall–Kier alpha value is -0.820. The highest BCUT2D eigenvalue weighted by molar-refractivity contribution is 7.89. The van der Waals surface area contributed by atoms with E-state index >= 15 is 0 Å². The third-order valence-electron chi connectivity index (χ3n) is 2.89. The summed E-state index contributed by atoms with van der Waals surface area (Å²) in [5.41, 5.74) is 0. The van der Waals surface area contributed by atoms with E-state index < -0.39 is 10.0 Å². The first-order chi connectivity index (χ1) is 8.97. The fourth-order valence-corrected chi connectivity index (χ4v) is 3.28. The molecule has 1 aromatic carbocycles. The number of hydrogen-bond donors (Lipinski definition) is 2. The van der Waals surface area contributed by atoms with Crippen LogP contribution in [0.25, 0.3) is 0 Å². The Kier molecular flexibility index (Phi) is 6.26. The molecule has 20 heavy (non-hydrogen) atoms. The summed E-state index contributed by atoms with van der Waals surface area (Å²) < 4.78 is 32.5. The Morgan fingerprint density at radius 1 is 1.30 bits per heavy atom. The number of ether oxygens (including phenoxy) is 1. The van der Waals surface area contributed by atoms with Crippen LogP contribution in [0.2, 0.25) is 0 Å². The van der Waals surface area contributed by atoms with Gasteiger partial charge in [-0.05, 0) is 51.1 Å². The summed E-state index contributed by atoms with van der Waals surface area (Å²) in [6.07, 6.45) is 0.901. The number of halogens is 1. The van der Waals surface area contributed by atoms with E-state index in [1.54, 1.807) is 24.3 Å². The number of hydrogen-bond acceptors (Lipinski definition) is 4. The molecule has 0 amide bonds. The SMILES string of the molecule is CC(C)Oc1ccc(S(=O)(=O)NC2CCNC2)cc1.Cl. The minimum Gasteiger partial charge on any atom is -0.491 e. The number of nitrogens with one attached hydrogen (secondary N) is 2. The highest BCUT2D eigenvalue weighted by atomic mass is 35.5. The average molecular weight is 321 g/mol. The molecule has 1 aromatic rings. The first-order valence-corrected chi connectivity index (χ1v) is 7.95. The van der Waals surface area contributed by atoms with Crippen molar-refractivity contribution in [3.05, 3.63) is 24.3 Å². The van der Waals surface area contributed by atoms with Gasteiger partial charge in [-0.3, -0.25) is 0 Å². The monoisotopic (exact) mass is 320 g/mol. The van der Waals surface area contributed by atoms with Crippen LogP contribution >= 0.6 is 12.4 Å². The Bertz CT molecular complexity index is 511. The second-order valence-electron chi connectivity index (χ2n) is 4.95. The summed E-state index contributed by atoms with van der Waals surface area (Å²) in [6, 6.07) is 6.49. The third kappa shape index (κ3) is 4.63. The molecule has 1 aliphatic rings. The second-order valence-corrected chi connectivity index (χ2v) is 6.66. The first-order valence-electron chi connectivity index (χ1n) is 6.47. The molecule has 0 radical (unpaired) electrons. The topological polar surface area (TPSA) is 67.4 Å². The van der Waals surface area contributed by atoms with Crippen molar-refractivity contribution in [2.75, 3.05) is 13.1 Å². The normalized spacial score (nSPS) is 18.9.